The number of carbonyl (C=O) groups is 1. The van der Waals surface area contributed by atoms with Gasteiger partial charge in [0.1, 0.15) is 0 Å². The second-order valence-electron chi connectivity index (χ2n) is 5.86. The van der Waals surface area contributed by atoms with Crippen LogP contribution in [0, 0.1) is 12.8 Å². The van der Waals surface area contributed by atoms with Crippen molar-refractivity contribution < 1.29 is 9.90 Å². The number of aliphatic hydroxyl groups is 1. The number of nitrogens with zero attached hydrogens (tertiary/aromatic N) is 1. The van der Waals surface area contributed by atoms with E-state index in [-0.39, 0.29) is 12.5 Å². The summed E-state index contributed by atoms with van der Waals surface area (Å²) in [5.74, 6) is 0.226. The third-order valence-corrected chi connectivity index (χ3v) is 5.51. The Morgan fingerprint density at radius 2 is 2.43 bits per heavy atom. The van der Waals surface area contributed by atoms with Gasteiger partial charge in [0.05, 0.1) is 5.00 Å². The Kier molecular flexibility index (Phi) is 4.88. The van der Waals surface area contributed by atoms with Crippen molar-refractivity contribution >= 4 is 28.3 Å². The van der Waals surface area contributed by atoms with Gasteiger partial charge in [-0.25, -0.2) is 0 Å². The molecule has 0 aliphatic heterocycles. The first kappa shape index (κ1) is 15.9. The van der Waals surface area contributed by atoms with Crippen LogP contribution in [-0.2, 0) is 17.6 Å². The molecule has 0 aromatic carbocycles. The van der Waals surface area contributed by atoms with Gasteiger partial charge in [-0.1, -0.05) is 6.07 Å². The van der Waals surface area contributed by atoms with Crippen LogP contribution >= 0.6 is 11.3 Å². The SMILES string of the molecule is Cc1c(NC(=O)/C=C/c2cccnc2)sc2c1CCC(CO)C2. The van der Waals surface area contributed by atoms with Crippen LogP contribution in [0.15, 0.2) is 30.6 Å². The maximum absolute atomic E-state index is 12.1. The number of amides is 1. The van der Waals surface area contributed by atoms with Crippen LogP contribution in [0.5, 0.6) is 0 Å². The lowest BCUT2D eigenvalue weighted by Crippen LogP contribution is -2.16. The Hall–Kier alpha value is -1.98. The molecule has 0 saturated carbocycles. The highest BCUT2D eigenvalue weighted by atomic mass is 32.1. The van der Waals surface area contributed by atoms with E-state index in [4.69, 9.17) is 0 Å². The molecule has 1 aliphatic rings. The second kappa shape index (κ2) is 7.06. The molecule has 1 unspecified atom stereocenters. The van der Waals surface area contributed by atoms with Gasteiger partial charge in [0, 0.05) is 30.0 Å². The predicted octanol–water partition coefficient (Wildman–Crippen LogP) is 3.20. The van der Waals surface area contributed by atoms with E-state index < -0.39 is 0 Å². The fourth-order valence-corrected chi connectivity index (χ4v) is 4.26. The molecule has 4 nitrogen and oxygen atoms in total. The Bertz CT molecular complexity index is 722. The molecule has 0 radical (unpaired) electrons. The van der Waals surface area contributed by atoms with Crippen LogP contribution in [0.3, 0.4) is 0 Å². The molecule has 0 bridgehead atoms. The van der Waals surface area contributed by atoms with Crippen LogP contribution in [0.1, 0.15) is 28.0 Å². The van der Waals surface area contributed by atoms with E-state index in [1.807, 2.05) is 12.1 Å². The maximum Gasteiger partial charge on any atom is 0.248 e. The highest BCUT2D eigenvalue weighted by Gasteiger charge is 2.23. The average molecular weight is 328 g/mol. The molecule has 1 aliphatic carbocycles. The van der Waals surface area contributed by atoms with Crippen LogP contribution in [0.4, 0.5) is 5.00 Å². The van der Waals surface area contributed by atoms with Gasteiger partial charge in [-0.3, -0.25) is 9.78 Å². The topological polar surface area (TPSA) is 62.2 Å². The van der Waals surface area contributed by atoms with Crippen molar-refractivity contribution in [3.05, 3.63) is 52.2 Å². The molecule has 5 heteroatoms. The monoisotopic (exact) mass is 328 g/mol. The van der Waals surface area contributed by atoms with Gasteiger partial charge in [0.25, 0.3) is 0 Å². The van der Waals surface area contributed by atoms with Crippen molar-refractivity contribution in [1.82, 2.24) is 4.98 Å². The molecular weight excluding hydrogens is 308 g/mol. The summed E-state index contributed by atoms with van der Waals surface area (Å²) in [6.45, 7) is 2.31. The summed E-state index contributed by atoms with van der Waals surface area (Å²) in [5.41, 5.74) is 3.42. The van der Waals surface area contributed by atoms with Gasteiger partial charge in [-0.2, -0.15) is 0 Å². The Morgan fingerprint density at radius 1 is 1.57 bits per heavy atom. The highest BCUT2D eigenvalue weighted by molar-refractivity contribution is 7.16. The number of rotatable bonds is 4. The molecular formula is C18H20N2O2S. The van der Waals surface area contributed by atoms with E-state index in [9.17, 15) is 9.90 Å². The molecule has 0 spiro atoms. The van der Waals surface area contributed by atoms with E-state index in [0.29, 0.717) is 5.92 Å². The summed E-state index contributed by atoms with van der Waals surface area (Å²) in [6.07, 6.45) is 9.64. The second-order valence-corrected chi connectivity index (χ2v) is 6.96. The number of thiophene rings is 1. The number of aromatic nitrogens is 1. The standard InChI is InChI=1S/C18H20N2O2S/c1-12-15-6-4-14(11-21)9-16(15)23-18(12)20-17(22)7-5-13-3-2-8-19-10-13/h2-3,5,7-8,10,14,21H,4,6,9,11H2,1H3,(H,20,22)/b7-5+. The molecule has 1 atom stereocenters. The zero-order valence-corrected chi connectivity index (χ0v) is 13.9. The Labute approximate surface area is 139 Å². The first-order valence-corrected chi connectivity index (χ1v) is 8.60. The van der Waals surface area contributed by atoms with Crippen molar-refractivity contribution in [1.29, 1.82) is 0 Å². The van der Waals surface area contributed by atoms with E-state index in [1.165, 1.54) is 22.1 Å². The lowest BCUT2D eigenvalue weighted by molar-refractivity contribution is -0.111. The van der Waals surface area contributed by atoms with Crippen molar-refractivity contribution in [3.63, 3.8) is 0 Å². The number of hydrogen-bond donors (Lipinski definition) is 2. The number of carbonyl (C=O) groups excluding carboxylic acids is 1. The molecule has 120 valence electrons. The summed E-state index contributed by atoms with van der Waals surface area (Å²) >= 11 is 1.64. The summed E-state index contributed by atoms with van der Waals surface area (Å²) < 4.78 is 0. The summed E-state index contributed by atoms with van der Waals surface area (Å²) in [5, 5.41) is 13.2. The number of hydrogen-bond acceptors (Lipinski definition) is 4. The number of nitrogens with one attached hydrogen (secondary N) is 1. The molecule has 1 amide bonds. The fourth-order valence-electron chi connectivity index (χ4n) is 2.89. The van der Waals surface area contributed by atoms with Crippen LogP contribution in [0.25, 0.3) is 6.08 Å². The third-order valence-electron chi connectivity index (χ3n) is 4.24. The lowest BCUT2D eigenvalue weighted by Gasteiger charge is -2.20. The van der Waals surface area contributed by atoms with Crippen molar-refractivity contribution in [3.8, 4) is 0 Å². The van der Waals surface area contributed by atoms with Crippen LogP contribution < -0.4 is 5.32 Å². The summed E-state index contributed by atoms with van der Waals surface area (Å²) in [7, 11) is 0. The normalized spacial score (nSPS) is 17.2. The quantitative estimate of drug-likeness (QED) is 0.847. The number of anilines is 1. The zero-order chi connectivity index (χ0) is 16.2. The van der Waals surface area contributed by atoms with Crippen molar-refractivity contribution in [2.24, 2.45) is 5.92 Å². The van der Waals surface area contributed by atoms with E-state index in [0.717, 1.165) is 29.8 Å². The highest BCUT2D eigenvalue weighted by Crippen LogP contribution is 2.39. The summed E-state index contributed by atoms with van der Waals surface area (Å²) in [6, 6.07) is 3.74. The fraction of sp³-hybridized carbons (Fsp3) is 0.333. The molecule has 0 fully saturated rings. The summed E-state index contributed by atoms with van der Waals surface area (Å²) in [4.78, 5) is 17.4. The number of pyridine rings is 1. The Morgan fingerprint density at radius 3 is 3.17 bits per heavy atom. The molecule has 2 N–H and O–H groups in total. The largest absolute Gasteiger partial charge is 0.396 e. The van der Waals surface area contributed by atoms with Gasteiger partial charge in [-0.15, -0.1) is 11.3 Å². The van der Waals surface area contributed by atoms with E-state index >= 15 is 0 Å². The molecule has 2 aromatic rings. The van der Waals surface area contributed by atoms with Crippen LogP contribution in [-0.4, -0.2) is 22.6 Å². The van der Waals surface area contributed by atoms with Crippen molar-refractivity contribution in [2.75, 3.05) is 11.9 Å². The van der Waals surface area contributed by atoms with E-state index in [1.54, 1.807) is 29.8 Å². The molecule has 23 heavy (non-hydrogen) atoms. The van der Waals surface area contributed by atoms with Gasteiger partial charge >= 0.3 is 0 Å². The van der Waals surface area contributed by atoms with Crippen molar-refractivity contribution in [2.45, 2.75) is 26.2 Å². The first-order valence-electron chi connectivity index (χ1n) is 7.78. The molecule has 2 heterocycles. The molecule has 2 aromatic heterocycles. The minimum Gasteiger partial charge on any atom is -0.396 e. The average Bonchev–Trinajstić information content (AvgIpc) is 2.89. The third kappa shape index (κ3) is 3.68. The van der Waals surface area contributed by atoms with Crippen LogP contribution in [0.2, 0.25) is 0 Å². The van der Waals surface area contributed by atoms with Gasteiger partial charge in [0.15, 0.2) is 0 Å². The minimum absolute atomic E-state index is 0.130. The predicted molar refractivity (Wildman–Crippen MR) is 93.6 cm³/mol. The van der Waals surface area contributed by atoms with Gasteiger partial charge < -0.3 is 10.4 Å². The zero-order valence-electron chi connectivity index (χ0n) is 13.1. The number of fused-ring (bicyclic) bond motifs is 1. The Balaban J connectivity index is 1.70. The number of aliphatic hydroxyl groups excluding tert-OH is 1. The lowest BCUT2D eigenvalue weighted by atomic mass is 9.88. The van der Waals surface area contributed by atoms with E-state index in [2.05, 4.69) is 17.2 Å². The van der Waals surface area contributed by atoms with Gasteiger partial charge in [0.2, 0.25) is 5.91 Å². The molecule has 3 rings (SSSR count). The smallest absolute Gasteiger partial charge is 0.248 e. The first-order chi connectivity index (χ1) is 11.2. The van der Waals surface area contributed by atoms with Gasteiger partial charge in [-0.05, 0) is 60.9 Å². The minimum atomic E-state index is -0.130. The molecule has 0 saturated heterocycles. The maximum atomic E-state index is 12.1.